The minimum absolute atomic E-state index is 0.355. The van der Waals surface area contributed by atoms with Gasteiger partial charge in [-0.15, -0.1) is 11.3 Å². The molecule has 17 heavy (non-hydrogen) atoms. The van der Waals surface area contributed by atoms with Crippen LogP contribution in [0.5, 0.6) is 0 Å². The number of aryl methyl sites for hydroxylation is 3. The molecule has 0 spiro atoms. The summed E-state index contributed by atoms with van der Waals surface area (Å²) < 4.78 is 2.08. The molecule has 1 N–H and O–H groups in total. The number of nitrogens with zero attached hydrogens (tertiary/aromatic N) is 2. The van der Waals surface area contributed by atoms with Crippen LogP contribution in [-0.4, -0.2) is 16.6 Å². The average Bonchev–Trinajstić information content (AvgIpc) is 2.83. The summed E-state index contributed by atoms with van der Waals surface area (Å²) in [5.74, 6) is 1.12. The van der Waals surface area contributed by atoms with E-state index in [0.29, 0.717) is 6.04 Å². The van der Waals surface area contributed by atoms with Crippen molar-refractivity contribution in [2.24, 2.45) is 7.05 Å². The SMILES string of the molecule is CNC(Cc1nccn1C)c1cc(C)c(C)s1. The largest absolute Gasteiger partial charge is 0.338 e. The number of rotatable bonds is 4. The van der Waals surface area contributed by atoms with Crippen molar-refractivity contribution in [1.82, 2.24) is 14.9 Å². The highest BCUT2D eigenvalue weighted by molar-refractivity contribution is 7.12. The van der Waals surface area contributed by atoms with Crippen molar-refractivity contribution in [3.8, 4) is 0 Å². The number of hydrogen-bond donors (Lipinski definition) is 1. The predicted octanol–water partition coefficient (Wildman–Crippen LogP) is 2.60. The van der Waals surface area contributed by atoms with Crippen LogP contribution < -0.4 is 5.32 Å². The van der Waals surface area contributed by atoms with Gasteiger partial charge >= 0.3 is 0 Å². The summed E-state index contributed by atoms with van der Waals surface area (Å²) in [5, 5.41) is 3.38. The highest BCUT2D eigenvalue weighted by Gasteiger charge is 2.15. The van der Waals surface area contributed by atoms with Crippen molar-refractivity contribution >= 4 is 11.3 Å². The lowest BCUT2D eigenvalue weighted by molar-refractivity contribution is 0.572. The highest BCUT2D eigenvalue weighted by Crippen LogP contribution is 2.28. The van der Waals surface area contributed by atoms with Crippen molar-refractivity contribution in [2.45, 2.75) is 26.3 Å². The van der Waals surface area contributed by atoms with Gasteiger partial charge in [-0.2, -0.15) is 0 Å². The zero-order valence-corrected chi connectivity index (χ0v) is 11.6. The maximum Gasteiger partial charge on any atom is 0.110 e. The van der Waals surface area contributed by atoms with Gasteiger partial charge in [0.1, 0.15) is 5.82 Å². The molecule has 0 fully saturated rings. The van der Waals surface area contributed by atoms with Crippen LogP contribution in [0, 0.1) is 13.8 Å². The molecule has 0 aliphatic carbocycles. The van der Waals surface area contributed by atoms with E-state index >= 15 is 0 Å². The van der Waals surface area contributed by atoms with Crippen molar-refractivity contribution in [2.75, 3.05) is 7.05 Å². The smallest absolute Gasteiger partial charge is 0.110 e. The van der Waals surface area contributed by atoms with E-state index < -0.39 is 0 Å². The van der Waals surface area contributed by atoms with Crippen molar-refractivity contribution in [3.63, 3.8) is 0 Å². The van der Waals surface area contributed by atoms with Gasteiger partial charge in [0.25, 0.3) is 0 Å². The molecule has 0 saturated carbocycles. The summed E-state index contributed by atoms with van der Waals surface area (Å²) in [6.45, 7) is 4.35. The zero-order valence-electron chi connectivity index (χ0n) is 10.8. The second kappa shape index (κ2) is 5.02. The van der Waals surface area contributed by atoms with Crippen molar-refractivity contribution < 1.29 is 0 Å². The molecule has 0 bridgehead atoms. The third kappa shape index (κ3) is 2.58. The Bertz CT molecular complexity index is 479. The molecule has 4 heteroatoms. The third-order valence-corrected chi connectivity index (χ3v) is 4.45. The van der Waals surface area contributed by atoms with Crippen LogP contribution in [0.1, 0.15) is 27.2 Å². The monoisotopic (exact) mass is 249 g/mol. The highest BCUT2D eigenvalue weighted by atomic mass is 32.1. The van der Waals surface area contributed by atoms with Crippen molar-refractivity contribution in [3.05, 3.63) is 39.6 Å². The van der Waals surface area contributed by atoms with E-state index in [9.17, 15) is 0 Å². The summed E-state index contributed by atoms with van der Waals surface area (Å²) in [4.78, 5) is 7.18. The Kier molecular flexibility index (Phi) is 3.64. The van der Waals surface area contributed by atoms with Gasteiger partial charge in [-0.1, -0.05) is 0 Å². The van der Waals surface area contributed by atoms with Crippen LogP contribution in [0.25, 0.3) is 0 Å². The lowest BCUT2D eigenvalue weighted by Crippen LogP contribution is -2.19. The van der Waals surface area contributed by atoms with Crippen LogP contribution >= 0.6 is 11.3 Å². The first-order valence-electron chi connectivity index (χ1n) is 5.82. The Hall–Kier alpha value is -1.13. The maximum atomic E-state index is 4.39. The summed E-state index contributed by atoms with van der Waals surface area (Å²) in [6, 6.07) is 2.64. The maximum absolute atomic E-state index is 4.39. The van der Waals surface area contributed by atoms with Crippen LogP contribution in [0.4, 0.5) is 0 Å². The van der Waals surface area contributed by atoms with Crippen LogP contribution in [0.2, 0.25) is 0 Å². The first kappa shape index (κ1) is 12.3. The molecule has 2 aromatic heterocycles. The van der Waals surface area contributed by atoms with Gasteiger partial charge in [0.15, 0.2) is 0 Å². The molecule has 1 atom stereocenters. The molecule has 0 saturated heterocycles. The standard InChI is InChI=1S/C13H19N3S/c1-9-7-12(17-10(9)2)11(14-3)8-13-15-5-6-16(13)4/h5-7,11,14H,8H2,1-4H3. The summed E-state index contributed by atoms with van der Waals surface area (Å²) >= 11 is 1.88. The summed E-state index contributed by atoms with van der Waals surface area (Å²) in [5.41, 5.74) is 1.38. The van der Waals surface area contributed by atoms with Gasteiger partial charge < -0.3 is 9.88 Å². The molecule has 2 aromatic rings. The van der Waals surface area contributed by atoms with Gasteiger partial charge in [-0.25, -0.2) is 4.98 Å². The second-order valence-electron chi connectivity index (χ2n) is 4.39. The normalized spacial score (nSPS) is 12.9. The van der Waals surface area contributed by atoms with Crippen molar-refractivity contribution in [1.29, 1.82) is 0 Å². The quantitative estimate of drug-likeness (QED) is 0.902. The van der Waals surface area contributed by atoms with E-state index in [1.807, 2.05) is 37.8 Å². The summed E-state index contributed by atoms with van der Waals surface area (Å²) in [6.07, 6.45) is 4.78. The van der Waals surface area contributed by atoms with Crippen LogP contribution in [0.15, 0.2) is 18.5 Å². The minimum Gasteiger partial charge on any atom is -0.338 e. The Morgan fingerprint density at radius 2 is 2.24 bits per heavy atom. The Labute approximate surface area is 107 Å². The van der Waals surface area contributed by atoms with E-state index in [-0.39, 0.29) is 0 Å². The molecular formula is C13H19N3S. The molecule has 92 valence electrons. The number of nitrogens with one attached hydrogen (secondary N) is 1. The van der Waals surface area contributed by atoms with Gasteiger partial charge in [0, 0.05) is 41.7 Å². The molecule has 0 radical (unpaired) electrons. The van der Waals surface area contributed by atoms with E-state index in [1.165, 1.54) is 15.3 Å². The predicted molar refractivity (Wildman–Crippen MR) is 72.5 cm³/mol. The fourth-order valence-corrected chi connectivity index (χ4v) is 3.05. The Morgan fingerprint density at radius 1 is 1.47 bits per heavy atom. The fourth-order valence-electron chi connectivity index (χ4n) is 1.89. The van der Waals surface area contributed by atoms with E-state index in [0.717, 1.165) is 12.2 Å². The number of likely N-dealkylation sites (N-methyl/N-ethyl adjacent to an activating group) is 1. The van der Waals surface area contributed by atoms with Gasteiger partial charge in [-0.05, 0) is 32.5 Å². The second-order valence-corrected chi connectivity index (χ2v) is 5.68. The molecule has 0 aromatic carbocycles. The molecular weight excluding hydrogens is 230 g/mol. The van der Waals surface area contributed by atoms with Gasteiger partial charge in [0.2, 0.25) is 0 Å². The number of hydrogen-bond acceptors (Lipinski definition) is 3. The van der Waals surface area contributed by atoms with E-state index in [1.54, 1.807) is 0 Å². The fraction of sp³-hybridized carbons (Fsp3) is 0.462. The first-order valence-corrected chi connectivity index (χ1v) is 6.64. The van der Waals surface area contributed by atoms with Gasteiger partial charge in [-0.3, -0.25) is 0 Å². The molecule has 2 heterocycles. The number of imidazole rings is 1. The average molecular weight is 249 g/mol. The molecule has 0 aliphatic rings. The molecule has 3 nitrogen and oxygen atoms in total. The number of thiophene rings is 1. The van der Waals surface area contributed by atoms with Gasteiger partial charge in [0.05, 0.1) is 0 Å². The zero-order chi connectivity index (χ0) is 12.4. The molecule has 1 unspecified atom stereocenters. The minimum atomic E-state index is 0.355. The molecule has 2 rings (SSSR count). The van der Waals surface area contributed by atoms with E-state index in [4.69, 9.17) is 0 Å². The topological polar surface area (TPSA) is 29.9 Å². The lowest BCUT2D eigenvalue weighted by atomic mass is 10.1. The van der Waals surface area contributed by atoms with Crippen LogP contribution in [-0.2, 0) is 13.5 Å². The summed E-state index contributed by atoms with van der Waals surface area (Å²) in [7, 11) is 4.05. The Balaban J connectivity index is 2.20. The lowest BCUT2D eigenvalue weighted by Gasteiger charge is -2.14. The van der Waals surface area contributed by atoms with Crippen LogP contribution in [0.3, 0.4) is 0 Å². The third-order valence-electron chi connectivity index (χ3n) is 3.18. The van der Waals surface area contributed by atoms with E-state index in [2.05, 4.69) is 34.8 Å². The first-order chi connectivity index (χ1) is 8.11. The Morgan fingerprint density at radius 3 is 2.71 bits per heavy atom. The number of aromatic nitrogens is 2. The molecule has 0 aliphatic heterocycles. The molecule has 0 amide bonds.